The highest BCUT2D eigenvalue weighted by Gasteiger charge is 2.55. The van der Waals surface area contributed by atoms with Crippen LogP contribution in [0.25, 0.3) is 0 Å². The molecule has 1 N–H and O–H groups in total. The van der Waals surface area contributed by atoms with E-state index in [-0.39, 0.29) is 5.41 Å². The molecule has 0 heterocycles. The molecule has 1 unspecified atom stereocenters. The first-order chi connectivity index (χ1) is 13.4. The fraction of sp³-hybridized carbons (Fsp3) is 0.538. The van der Waals surface area contributed by atoms with Crippen LogP contribution in [0.5, 0.6) is 5.75 Å². The highest BCUT2D eigenvalue weighted by molar-refractivity contribution is 5.41. The molecule has 0 aliphatic heterocycles. The molecule has 28 heavy (non-hydrogen) atoms. The molecule has 150 valence electrons. The lowest BCUT2D eigenvalue weighted by Gasteiger charge is -2.57. The maximum absolute atomic E-state index is 11.8. The number of ether oxygens (including phenoxy) is 1. The molecule has 0 aromatic heterocycles. The van der Waals surface area contributed by atoms with Crippen molar-refractivity contribution in [3.8, 4) is 5.75 Å². The van der Waals surface area contributed by atoms with Crippen LogP contribution in [0.4, 0.5) is 0 Å². The van der Waals surface area contributed by atoms with Crippen molar-refractivity contribution in [2.24, 2.45) is 17.3 Å². The second-order valence-corrected chi connectivity index (χ2v) is 9.28. The zero-order valence-corrected chi connectivity index (χ0v) is 17.7. The second kappa shape index (κ2) is 7.22. The highest BCUT2D eigenvalue weighted by atomic mass is 16.5. The summed E-state index contributed by atoms with van der Waals surface area (Å²) in [5.74, 6) is 2.73. The number of hydrogen-bond donors (Lipinski definition) is 1. The van der Waals surface area contributed by atoms with E-state index in [4.69, 9.17) is 4.74 Å². The number of aryl methyl sites for hydroxylation is 1. The Morgan fingerprint density at radius 2 is 1.89 bits per heavy atom. The molecule has 1 fully saturated rings. The molecule has 2 nitrogen and oxygen atoms in total. The van der Waals surface area contributed by atoms with Gasteiger partial charge in [-0.3, -0.25) is 0 Å². The minimum Gasteiger partial charge on any atom is -0.497 e. The summed E-state index contributed by atoms with van der Waals surface area (Å²) in [6.45, 7) is 6.71. The molecule has 0 saturated heterocycles. The van der Waals surface area contributed by atoms with Crippen molar-refractivity contribution < 1.29 is 9.84 Å². The van der Waals surface area contributed by atoms with Gasteiger partial charge in [0.2, 0.25) is 0 Å². The van der Waals surface area contributed by atoms with Gasteiger partial charge in [-0.2, -0.15) is 0 Å². The zero-order chi connectivity index (χ0) is 19.9. The summed E-state index contributed by atoms with van der Waals surface area (Å²) in [6.07, 6.45) is 5.66. The average Bonchev–Trinajstić information content (AvgIpc) is 2.73. The van der Waals surface area contributed by atoms with Gasteiger partial charge in [0.05, 0.1) is 12.7 Å². The number of methoxy groups -OCH3 is 1. The van der Waals surface area contributed by atoms with Gasteiger partial charge in [0.25, 0.3) is 0 Å². The van der Waals surface area contributed by atoms with Crippen molar-refractivity contribution in [3.05, 3.63) is 65.2 Å². The van der Waals surface area contributed by atoms with E-state index in [1.165, 1.54) is 17.5 Å². The van der Waals surface area contributed by atoms with Crippen molar-refractivity contribution >= 4 is 0 Å². The first kappa shape index (κ1) is 19.5. The van der Waals surface area contributed by atoms with E-state index >= 15 is 0 Å². The lowest BCUT2D eigenvalue weighted by molar-refractivity contribution is -0.141. The molecule has 2 aliphatic rings. The Bertz CT molecular complexity index is 826. The van der Waals surface area contributed by atoms with Crippen molar-refractivity contribution in [2.75, 3.05) is 7.11 Å². The van der Waals surface area contributed by atoms with Crippen molar-refractivity contribution in [1.82, 2.24) is 0 Å². The van der Waals surface area contributed by atoms with E-state index in [9.17, 15) is 5.11 Å². The maximum Gasteiger partial charge on any atom is 0.119 e. The van der Waals surface area contributed by atoms with E-state index in [2.05, 4.69) is 44.2 Å². The van der Waals surface area contributed by atoms with E-state index in [0.29, 0.717) is 17.8 Å². The molecule has 2 aliphatic carbocycles. The van der Waals surface area contributed by atoms with Crippen LogP contribution in [0, 0.1) is 17.3 Å². The summed E-state index contributed by atoms with van der Waals surface area (Å²) in [7, 11) is 1.75. The fourth-order valence-electron chi connectivity index (χ4n) is 6.46. The van der Waals surface area contributed by atoms with Crippen LogP contribution in [0.15, 0.2) is 48.5 Å². The summed E-state index contributed by atoms with van der Waals surface area (Å²) < 4.78 is 5.45. The van der Waals surface area contributed by atoms with Gasteiger partial charge >= 0.3 is 0 Å². The summed E-state index contributed by atoms with van der Waals surface area (Å²) in [5.41, 5.74) is 3.11. The molecule has 2 heteroatoms. The molecule has 2 aromatic rings. The third-order valence-electron chi connectivity index (χ3n) is 8.21. The number of fused-ring (bicyclic) bond motifs is 3. The lowest BCUT2D eigenvalue weighted by atomic mass is 9.49. The van der Waals surface area contributed by atoms with Gasteiger partial charge in [-0.1, -0.05) is 56.7 Å². The van der Waals surface area contributed by atoms with E-state index in [1.54, 1.807) is 7.11 Å². The first-order valence-electron chi connectivity index (χ1n) is 10.9. The Morgan fingerprint density at radius 3 is 2.57 bits per heavy atom. The minimum absolute atomic E-state index is 0.117. The van der Waals surface area contributed by atoms with Crippen LogP contribution >= 0.6 is 0 Å². The predicted molar refractivity (Wildman–Crippen MR) is 115 cm³/mol. The molecule has 4 rings (SSSR count). The van der Waals surface area contributed by atoms with Gasteiger partial charge in [0, 0.05) is 5.41 Å². The fourth-order valence-corrected chi connectivity index (χ4v) is 6.46. The molecular weight excluding hydrogens is 344 g/mol. The van der Waals surface area contributed by atoms with Gasteiger partial charge in [-0.05, 0) is 79.2 Å². The summed E-state index contributed by atoms with van der Waals surface area (Å²) >= 11 is 0. The monoisotopic (exact) mass is 378 g/mol. The van der Waals surface area contributed by atoms with Crippen LogP contribution in [-0.4, -0.2) is 12.2 Å². The van der Waals surface area contributed by atoms with Gasteiger partial charge in [0.1, 0.15) is 5.75 Å². The third kappa shape index (κ3) is 2.88. The molecule has 0 bridgehead atoms. The molecule has 5 atom stereocenters. The Kier molecular flexibility index (Phi) is 5.03. The number of rotatable bonds is 4. The minimum atomic E-state index is -0.819. The van der Waals surface area contributed by atoms with Crippen LogP contribution in [0.2, 0.25) is 0 Å². The molecular formula is C26H34O2. The van der Waals surface area contributed by atoms with Gasteiger partial charge in [0.15, 0.2) is 0 Å². The van der Waals surface area contributed by atoms with Crippen molar-refractivity contribution in [3.63, 3.8) is 0 Å². The van der Waals surface area contributed by atoms with Crippen molar-refractivity contribution in [1.29, 1.82) is 0 Å². The standard InChI is InChI=1S/C26H34O2/c1-5-24-23-13-11-18-17-20(28-4)12-14-21(18)22(23)15-16-25(24,2)26(3,27)19-9-7-6-8-10-19/h6-10,12,14,17,22-24,27H,5,11,13,15-16H2,1-4H3/t22-,23-,24+,25+,26?/m1/s1. The Balaban J connectivity index is 1.70. The van der Waals surface area contributed by atoms with Gasteiger partial charge in [-0.25, -0.2) is 0 Å². The van der Waals surface area contributed by atoms with Crippen LogP contribution in [0.1, 0.15) is 69.1 Å². The first-order valence-corrected chi connectivity index (χ1v) is 10.9. The van der Waals surface area contributed by atoms with E-state index in [1.807, 2.05) is 25.1 Å². The normalized spacial score (nSPS) is 31.4. The largest absolute Gasteiger partial charge is 0.497 e. The Labute approximate surface area is 169 Å². The van der Waals surface area contributed by atoms with Gasteiger partial charge < -0.3 is 9.84 Å². The van der Waals surface area contributed by atoms with Gasteiger partial charge in [-0.15, -0.1) is 0 Å². The number of benzene rings is 2. The smallest absolute Gasteiger partial charge is 0.119 e. The summed E-state index contributed by atoms with van der Waals surface area (Å²) in [6, 6.07) is 17.0. The Morgan fingerprint density at radius 1 is 1.14 bits per heavy atom. The van der Waals surface area contributed by atoms with Crippen LogP contribution < -0.4 is 4.74 Å². The highest BCUT2D eigenvalue weighted by Crippen LogP contribution is 2.61. The molecule has 0 spiro atoms. The van der Waals surface area contributed by atoms with E-state index < -0.39 is 5.60 Å². The maximum atomic E-state index is 11.8. The quantitative estimate of drug-likeness (QED) is 0.699. The molecule has 2 aromatic carbocycles. The molecule has 0 radical (unpaired) electrons. The van der Waals surface area contributed by atoms with E-state index in [0.717, 1.165) is 37.0 Å². The lowest BCUT2D eigenvalue weighted by Crippen LogP contribution is -2.53. The average molecular weight is 379 g/mol. The van der Waals surface area contributed by atoms with Crippen molar-refractivity contribution in [2.45, 2.75) is 64.4 Å². The zero-order valence-electron chi connectivity index (χ0n) is 17.7. The van der Waals surface area contributed by atoms with Crippen LogP contribution in [-0.2, 0) is 12.0 Å². The summed E-state index contributed by atoms with van der Waals surface area (Å²) in [5, 5.41) is 11.8. The Hall–Kier alpha value is -1.80. The molecule has 0 amide bonds. The number of aliphatic hydroxyl groups is 1. The molecule has 1 saturated carbocycles. The summed E-state index contributed by atoms with van der Waals surface area (Å²) in [4.78, 5) is 0. The second-order valence-electron chi connectivity index (χ2n) is 9.28. The third-order valence-corrected chi connectivity index (χ3v) is 8.21. The predicted octanol–water partition coefficient (Wildman–Crippen LogP) is 6.08. The number of hydrogen-bond acceptors (Lipinski definition) is 2. The SMILES string of the molecule is CC[C@H]1[C@@H]2CCc3cc(OC)ccc3[C@H]2CC[C@]1(C)C(C)(O)c1ccccc1. The topological polar surface area (TPSA) is 29.5 Å². The van der Waals surface area contributed by atoms with Crippen LogP contribution in [0.3, 0.4) is 0 Å².